The van der Waals surface area contributed by atoms with Crippen LogP contribution in [0.5, 0.6) is 0 Å². The summed E-state index contributed by atoms with van der Waals surface area (Å²) in [6, 6.07) is 13.8. The number of carboxylic acids is 1. The Kier molecular flexibility index (Phi) is 5.04. The first-order chi connectivity index (χ1) is 12.0. The number of benzene rings is 2. The molecule has 1 aliphatic heterocycles. The topological polar surface area (TPSA) is 75.6 Å². The van der Waals surface area contributed by atoms with Crippen molar-refractivity contribution in [3.8, 4) is 0 Å². The molecule has 1 fully saturated rings. The van der Waals surface area contributed by atoms with E-state index in [4.69, 9.17) is 4.74 Å². The molecule has 2 unspecified atom stereocenters. The van der Waals surface area contributed by atoms with Crippen molar-refractivity contribution in [2.75, 3.05) is 13.2 Å². The minimum Gasteiger partial charge on any atom is -0.481 e. The maximum Gasteiger partial charge on any atom is 0.308 e. The normalized spacial score (nSPS) is 21.2. The number of carboxylic acid groups (broad SMARTS) is 1. The average molecular weight is 341 g/mol. The van der Waals surface area contributed by atoms with Crippen molar-refractivity contribution in [3.05, 3.63) is 48.0 Å². The predicted molar refractivity (Wildman–Crippen MR) is 95.4 cm³/mol. The van der Waals surface area contributed by atoms with E-state index in [1.165, 1.54) is 0 Å². The summed E-state index contributed by atoms with van der Waals surface area (Å²) in [5.41, 5.74) is 0.144. The van der Waals surface area contributed by atoms with E-state index < -0.39 is 17.5 Å². The van der Waals surface area contributed by atoms with Gasteiger partial charge in [0.1, 0.15) is 5.60 Å². The number of carbonyl (C=O) groups is 2. The van der Waals surface area contributed by atoms with Crippen LogP contribution >= 0.6 is 0 Å². The van der Waals surface area contributed by atoms with Gasteiger partial charge in [-0.05, 0) is 42.5 Å². The Morgan fingerprint density at radius 2 is 2.00 bits per heavy atom. The molecule has 2 N–H and O–H groups in total. The molecule has 2 aromatic rings. The van der Waals surface area contributed by atoms with Crippen LogP contribution in [0.1, 0.15) is 25.3 Å². The highest BCUT2D eigenvalue weighted by Gasteiger charge is 2.38. The van der Waals surface area contributed by atoms with Gasteiger partial charge >= 0.3 is 5.97 Å². The second-order valence-electron chi connectivity index (χ2n) is 6.77. The molecule has 25 heavy (non-hydrogen) atoms. The summed E-state index contributed by atoms with van der Waals surface area (Å²) >= 11 is 0. The van der Waals surface area contributed by atoms with Gasteiger partial charge in [0.2, 0.25) is 0 Å². The SMILES string of the molecule is CC1(C(=O)NCC(Cc2cccc3ccccc23)C(=O)O)CCCO1. The van der Waals surface area contributed by atoms with Crippen LogP contribution in [0.2, 0.25) is 0 Å². The van der Waals surface area contributed by atoms with Crippen LogP contribution in [0.4, 0.5) is 0 Å². The molecule has 1 amide bonds. The fourth-order valence-electron chi connectivity index (χ4n) is 3.34. The quantitative estimate of drug-likeness (QED) is 0.847. The first-order valence-electron chi connectivity index (χ1n) is 8.61. The second-order valence-corrected chi connectivity index (χ2v) is 6.77. The minimum absolute atomic E-state index is 0.0936. The zero-order valence-electron chi connectivity index (χ0n) is 14.3. The zero-order valence-corrected chi connectivity index (χ0v) is 14.3. The van der Waals surface area contributed by atoms with E-state index in [1.807, 2.05) is 42.5 Å². The standard InChI is InChI=1S/C20H23NO4/c1-20(10-5-11-25-20)19(24)21-13-16(18(22)23)12-15-8-4-7-14-6-2-3-9-17(14)15/h2-4,6-9,16H,5,10-13H2,1H3,(H,21,24)(H,22,23). The van der Waals surface area contributed by atoms with Crippen LogP contribution in [0.3, 0.4) is 0 Å². The van der Waals surface area contributed by atoms with Crippen LogP contribution in [0, 0.1) is 5.92 Å². The largest absolute Gasteiger partial charge is 0.481 e. The lowest BCUT2D eigenvalue weighted by Crippen LogP contribution is -2.46. The van der Waals surface area contributed by atoms with E-state index in [0.29, 0.717) is 19.4 Å². The third-order valence-electron chi connectivity index (χ3n) is 4.90. The van der Waals surface area contributed by atoms with Gasteiger partial charge < -0.3 is 15.2 Å². The molecule has 1 aliphatic rings. The van der Waals surface area contributed by atoms with Crippen molar-refractivity contribution in [2.24, 2.45) is 5.92 Å². The molecule has 5 heteroatoms. The van der Waals surface area contributed by atoms with E-state index in [9.17, 15) is 14.7 Å². The predicted octanol–water partition coefficient (Wildman–Crippen LogP) is 2.77. The van der Waals surface area contributed by atoms with Crippen molar-refractivity contribution in [1.82, 2.24) is 5.32 Å². The monoisotopic (exact) mass is 341 g/mol. The third kappa shape index (κ3) is 3.82. The number of fused-ring (bicyclic) bond motifs is 1. The maximum atomic E-state index is 12.3. The number of ether oxygens (including phenoxy) is 1. The Bertz CT molecular complexity index is 775. The van der Waals surface area contributed by atoms with Crippen molar-refractivity contribution in [2.45, 2.75) is 31.8 Å². The molecule has 2 aromatic carbocycles. The Morgan fingerprint density at radius 3 is 2.72 bits per heavy atom. The van der Waals surface area contributed by atoms with Crippen molar-refractivity contribution in [1.29, 1.82) is 0 Å². The molecule has 0 bridgehead atoms. The fourth-order valence-corrected chi connectivity index (χ4v) is 3.34. The van der Waals surface area contributed by atoms with Crippen LogP contribution < -0.4 is 5.32 Å². The molecule has 0 aromatic heterocycles. The lowest BCUT2D eigenvalue weighted by Gasteiger charge is -2.23. The number of hydrogen-bond donors (Lipinski definition) is 2. The van der Waals surface area contributed by atoms with Crippen molar-refractivity contribution in [3.63, 3.8) is 0 Å². The first kappa shape index (κ1) is 17.4. The highest BCUT2D eigenvalue weighted by molar-refractivity contribution is 5.87. The molecule has 0 spiro atoms. The summed E-state index contributed by atoms with van der Waals surface area (Å²) in [4.78, 5) is 24.0. The molecule has 132 valence electrons. The molecular weight excluding hydrogens is 318 g/mol. The molecule has 1 heterocycles. The molecule has 0 radical (unpaired) electrons. The first-order valence-corrected chi connectivity index (χ1v) is 8.61. The Labute approximate surface area is 147 Å². The number of nitrogens with one attached hydrogen (secondary N) is 1. The fraction of sp³-hybridized carbons (Fsp3) is 0.400. The van der Waals surface area contributed by atoms with E-state index in [0.717, 1.165) is 22.8 Å². The summed E-state index contributed by atoms with van der Waals surface area (Å²) in [5, 5.41) is 14.5. The van der Waals surface area contributed by atoms with Crippen LogP contribution in [0.15, 0.2) is 42.5 Å². The molecule has 1 saturated heterocycles. The smallest absolute Gasteiger partial charge is 0.308 e. The van der Waals surface area contributed by atoms with Gasteiger partial charge in [0.05, 0.1) is 5.92 Å². The van der Waals surface area contributed by atoms with Crippen molar-refractivity contribution < 1.29 is 19.4 Å². The summed E-state index contributed by atoms with van der Waals surface area (Å²) in [6.45, 7) is 2.43. The summed E-state index contributed by atoms with van der Waals surface area (Å²) < 4.78 is 5.51. The second kappa shape index (κ2) is 7.23. The zero-order chi connectivity index (χ0) is 17.9. The van der Waals surface area contributed by atoms with Crippen LogP contribution in [-0.4, -0.2) is 35.7 Å². The highest BCUT2D eigenvalue weighted by atomic mass is 16.5. The number of hydrogen-bond acceptors (Lipinski definition) is 3. The van der Waals surface area contributed by atoms with Gasteiger partial charge in [0.15, 0.2) is 0 Å². The van der Waals surface area contributed by atoms with E-state index >= 15 is 0 Å². The molecule has 5 nitrogen and oxygen atoms in total. The Balaban J connectivity index is 1.71. The van der Waals surface area contributed by atoms with E-state index in [1.54, 1.807) is 6.92 Å². The van der Waals surface area contributed by atoms with Gasteiger partial charge in [-0.2, -0.15) is 0 Å². The van der Waals surface area contributed by atoms with Gasteiger partial charge in [-0.15, -0.1) is 0 Å². The van der Waals surface area contributed by atoms with E-state index in [-0.39, 0.29) is 12.5 Å². The van der Waals surface area contributed by atoms with Gasteiger partial charge in [-0.1, -0.05) is 42.5 Å². The van der Waals surface area contributed by atoms with Crippen LogP contribution in [0.25, 0.3) is 10.8 Å². The van der Waals surface area contributed by atoms with Gasteiger partial charge in [0, 0.05) is 13.2 Å². The average Bonchev–Trinajstić information content (AvgIpc) is 3.06. The highest BCUT2D eigenvalue weighted by Crippen LogP contribution is 2.25. The lowest BCUT2D eigenvalue weighted by atomic mass is 9.94. The van der Waals surface area contributed by atoms with Gasteiger partial charge in [-0.3, -0.25) is 9.59 Å². The molecule has 0 saturated carbocycles. The molecular formula is C20H23NO4. The lowest BCUT2D eigenvalue weighted by molar-refractivity contribution is -0.143. The Hall–Kier alpha value is -2.40. The number of rotatable bonds is 6. The summed E-state index contributed by atoms with van der Waals surface area (Å²) in [5.74, 6) is -1.82. The third-order valence-corrected chi connectivity index (χ3v) is 4.90. The number of amides is 1. The van der Waals surface area contributed by atoms with Gasteiger partial charge in [0.25, 0.3) is 5.91 Å². The molecule has 0 aliphatic carbocycles. The van der Waals surface area contributed by atoms with Gasteiger partial charge in [-0.25, -0.2) is 0 Å². The van der Waals surface area contributed by atoms with Crippen LogP contribution in [-0.2, 0) is 20.7 Å². The summed E-state index contributed by atoms with van der Waals surface area (Å²) in [6.07, 6.45) is 1.89. The summed E-state index contributed by atoms with van der Waals surface area (Å²) in [7, 11) is 0. The molecule has 2 atom stereocenters. The number of aliphatic carboxylic acids is 1. The maximum absolute atomic E-state index is 12.3. The van der Waals surface area contributed by atoms with Crippen molar-refractivity contribution >= 4 is 22.6 Å². The van der Waals surface area contributed by atoms with E-state index in [2.05, 4.69) is 5.32 Å². The Morgan fingerprint density at radius 1 is 1.24 bits per heavy atom. The molecule has 3 rings (SSSR count). The number of carbonyl (C=O) groups excluding carboxylic acids is 1. The minimum atomic E-state index is -0.911.